The Hall–Kier alpha value is -3.23. The van der Waals surface area contributed by atoms with Gasteiger partial charge in [-0.1, -0.05) is 44.2 Å². The molecule has 0 radical (unpaired) electrons. The van der Waals surface area contributed by atoms with E-state index in [-0.39, 0.29) is 31.1 Å². The fourth-order valence-electron chi connectivity index (χ4n) is 4.56. The van der Waals surface area contributed by atoms with Gasteiger partial charge in [0.25, 0.3) is 0 Å². The SMILES string of the molecule is CC(C)CC(C(=O)N[C@@H](C[C@@H]1CCCNC1=O)C(N)=O)N1C(=O)C[C@H](c2ccccc2)C1=O. The lowest BCUT2D eigenvalue weighted by molar-refractivity contribution is -0.148. The molecule has 2 fully saturated rings. The van der Waals surface area contributed by atoms with Crippen LogP contribution < -0.4 is 16.4 Å². The monoisotopic (exact) mass is 456 g/mol. The summed E-state index contributed by atoms with van der Waals surface area (Å²) in [5.74, 6) is -3.45. The summed E-state index contributed by atoms with van der Waals surface area (Å²) in [7, 11) is 0. The van der Waals surface area contributed by atoms with Gasteiger partial charge in [-0.2, -0.15) is 0 Å². The number of primary amides is 1. The van der Waals surface area contributed by atoms with Gasteiger partial charge in [0.05, 0.1) is 5.92 Å². The van der Waals surface area contributed by atoms with Gasteiger partial charge < -0.3 is 16.4 Å². The average Bonchev–Trinajstić information content (AvgIpc) is 3.07. The molecule has 0 spiro atoms. The van der Waals surface area contributed by atoms with Crippen molar-refractivity contribution in [3.05, 3.63) is 35.9 Å². The summed E-state index contributed by atoms with van der Waals surface area (Å²) in [6.45, 7) is 4.36. The highest BCUT2D eigenvalue weighted by Gasteiger charge is 2.46. The molecule has 0 aliphatic carbocycles. The van der Waals surface area contributed by atoms with Crippen molar-refractivity contribution in [1.29, 1.82) is 0 Å². The molecule has 1 aromatic carbocycles. The van der Waals surface area contributed by atoms with Crippen LogP contribution >= 0.6 is 0 Å². The van der Waals surface area contributed by atoms with Crippen LogP contribution in [0.3, 0.4) is 0 Å². The summed E-state index contributed by atoms with van der Waals surface area (Å²) in [5.41, 5.74) is 6.24. The summed E-state index contributed by atoms with van der Waals surface area (Å²) in [5, 5.41) is 5.38. The van der Waals surface area contributed by atoms with E-state index < -0.39 is 47.5 Å². The second-order valence-electron chi connectivity index (χ2n) is 9.24. The van der Waals surface area contributed by atoms with Crippen LogP contribution in [0.25, 0.3) is 0 Å². The van der Waals surface area contributed by atoms with E-state index in [2.05, 4.69) is 10.6 Å². The third-order valence-electron chi connectivity index (χ3n) is 6.27. The van der Waals surface area contributed by atoms with E-state index in [1.807, 2.05) is 19.9 Å². The summed E-state index contributed by atoms with van der Waals surface area (Å²) in [6.07, 6.45) is 1.70. The zero-order valence-corrected chi connectivity index (χ0v) is 19.1. The zero-order valence-electron chi connectivity index (χ0n) is 19.1. The first kappa shape index (κ1) is 24.4. The third-order valence-corrected chi connectivity index (χ3v) is 6.27. The van der Waals surface area contributed by atoms with Gasteiger partial charge in [-0.3, -0.25) is 28.9 Å². The highest BCUT2D eigenvalue weighted by atomic mass is 16.2. The topological polar surface area (TPSA) is 139 Å². The number of rotatable bonds is 9. The Kier molecular flexibility index (Phi) is 7.84. The molecule has 33 heavy (non-hydrogen) atoms. The first-order valence-corrected chi connectivity index (χ1v) is 11.5. The highest BCUT2D eigenvalue weighted by Crippen LogP contribution is 2.32. The standard InChI is InChI=1S/C24H32N4O5/c1-14(2)11-19(28-20(29)13-17(24(28)33)15-7-4-3-5-8-15)23(32)27-18(21(25)30)12-16-9-6-10-26-22(16)31/h3-5,7-8,14,16-19H,6,9-13H2,1-2H3,(H2,25,30)(H,26,31)(H,27,32)/t16-,17+,18-,19?/m0/s1. The maximum Gasteiger partial charge on any atom is 0.243 e. The van der Waals surface area contributed by atoms with E-state index in [4.69, 9.17) is 5.73 Å². The Labute approximate surface area is 193 Å². The third kappa shape index (κ3) is 5.77. The van der Waals surface area contributed by atoms with Crippen LogP contribution in [0.4, 0.5) is 0 Å². The number of imide groups is 1. The van der Waals surface area contributed by atoms with Crippen molar-refractivity contribution in [2.75, 3.05) is 6.54 Å². The fraction of sp³-hybridized carbons (Fsp3) is 0.542. The van der Waals surface area contributed by atoms with Crippen molar-refractivity contribution in [3.63, 3.8) is 0 Å². The molecule has 0 saturated carbocycles. The summed E-state index contributed by atoms with van der Waals surface area (Å²) >= 11 is 0. The number of nitrogens with two attached hydrogens (primary N) is 1. The minimum Gasteiger partial charge on any atom is -0.368 e. The highest BCUT2D eigenvalue weighted by molar-refractivity contribution is 6.09. The van der Waals surface area contributed by atoms with Gasteiger partial charge in [0.2, 0.25) is 29.5 Å². The summed E-state index contributed by atoms with van der Waals surface area (Å²) < 4.78 is 0. The van der Waals surface area contributed by atoms with Crippen LogP contribution in [0.2, 0.25) is 0 Å². The molecule has 2 heterocycles. The lowest BCUT2D eigenvalue weighted by atomic mass is 9.91. The second kappa shape index (κ2) is 10.6. The quantitative estimate of drug-likeness (QED) is 0.473. The van der Waals surface area contributed by atoms with Crippen molar-refractivity contribution in [1.82, 2.24) is 15.5 Å². The minimum absolute atomic E-state index is 0.00766. The van der Waals surface area contributed by atoms with Gasteiger partial charge in [0, 0.05) is 18.9 Å². The van der Waals surface area contributed by atoms with Gasteiger partial charge >= 0.3 is 0 Å². The van der Waals surface area contributed by atoms with Crippen LogP contribution in [0.1, 0.15) is 57.4 Å². The van der Waals surface area contributed by atoms with Gasteiger partial charge in [-0.25, -0.2) is 0 Å². The normalized spacial score (nSPS) is 22.8. The zero-order chi connectivity index (χ0) is 24.1. The van der Waals surface area contributed by atoms with Crippen molar-refractivity contribution in [3.8, 4) is 0 Å². The molecule has 4 atom stereocenters. The maximum absolute atomic E-state index is 13.3. The van der Waals surface area contributed by atoms with E-state index >= 15 is 0 Å². The molecule has 5 amide bonds. The Bertz CT molecular complexity index is 917. The van der Waals surface area contributed by atoms with Gasteiger partial charge in [-0.05, 0) is 37.2 Å². The molecule has 1 unspecified atom stereocenters. The molecule has 2 saturated heterocycles. The number of carbonyl (C=O) groups is 5. The molecule has 1 aromatic rings. The number of piperidine rings is 1. The molecule has 2 aliphatic heterocycles. The fourth-order valence-corrected chi connectivity index (χ4v) is 4.56. The lowest BCUT2D eigenvalue weighted by Crippen LogP contribution is -2.55. The van der Waals surface area contributed by atoms with Crippen LogP contribution in [0.15, 0.2) is 30.3 Å². The molecule has 3 rings (SSSR count). The molecule has 0 aromatic heterocycles. The minimum atomic E-state index is -1.07. The van der Waals surface area contributed by atoms with Gasteiger partial charge in [-0.15, -0.1) is 0 Å². The Morgan fingerprint density at radius 3 is 2.48 bits per heavy atom. The summed E-state index contributed by atoms with van der Waals surface area (Å²) in [4.78, 5) is 64.6. The number of hydrogen-bond donors (Lipinski definition) is 3. The molecule has 2 aliphatic rings. The van der Waals surface area contributed by atoms with Crippen LogP contribution in [0, 0.1) is 11.8 Å². The number of nitrogens with zero attached hydrogens (tertiary/aromatic N) is 1. The first-order chi connectivity index (χ1) is 15.7. The lowest BCUT2D eigenvalue weighted by Gasteiger charge is -2.30. The Morgan fingerprint density at radius 2 is 1.88 bits per heavy atom. The molecular formula is C24H32N4O5. The van der Waals surface area contributed by atoms with E-state index in [9.17, 15) is 24.0 Å². The number of hydrogen-bond acceptors (Lipinski definition) is 5. The van der Waals surface area contributed by atoms with Crippen LogP contribution in [-0.4, -0.2) is 53.1 Å². The molecule has 0 bridgehead atoms. The average molecular weight is 457 g/mol. The molecular weight excluding hydrogens is 424 g/mol. The number of benzene rings is 1. The van der Waals surface area contributed by atoms with E-state index in [1.54, 1.807) is 24.3 Å². The van der Waals surface area contributed by atoms with Crippen molar-refractivity contribution >= 4 is 29.5 Å². The predicted molar refractivity (Wildman–Crippen MR) is 120 cm³/mol. The van der Waals surface area contributed by atoms with Crippen LogP contribution in [-0.2, 0) is 24.0 Å². The molecule has 9 heteroatoms. The smallest absolute Gasteiger partial charge is 0.243 e. The predicted octanol–water partition coefficient (Wildman–Crippen LogP) is 0.830. The first-order valence-electron chi connectivity index (χ1n) is 11.5. The number of carbonyl (C=O) groups excluding carboxylic acids is 5. The van der Waals surface area contributed by atoms with E-state index in [1.165, 1.54) is 0 Å². The number of nitrogens with one attached hydrogen (secondary N) is 2. The molecule has 4 N–H and O–H groups in total. The molecule has 9 nitrogen and oxygen atoms in total. The maximum atomic E-state index is 13.3. The largest absolute Gasteiger partial charge is 0.368 e. The van der Waals surface area contributed by atoms with Crippen molar-refractivity contribution in [2.45, 2.75) is 64.0 Å². The van der Waals surface area contributed by atoms with E-state index in [0.717, 1.165) is 16.9 Å². The second-order valence-corrected chi connectivity index (χ2v) is 9.24. The number of likely N-dealkylation sites (tertiary alicyclic amines) is 1. The van der Waals surface area contributed by atoms with Gasteiger partial charge in [0.15, 0.2) is 0 Å². The summed E-state index contributed by atoms with van der Waals surface area (Å²) in [6, 6.07) is 6.87. The number of amides is 5. The molecule has 178 valence electrons. The Balaban J connectivity index is 1.78. The van der Waals surface area contributed by atoms with Crippen LogP contribution in [0.5, 0.6) is 0 Å². The van der Waals surface area contributed by atoms with Crippen molar-refractivity contribution in [2.24, 2.45) is 17.6 Å². The van der Waals surface area contributed by atoms with Gasteiger partial charge in [0.1, 0.15) is 12.1 Å². The van der Waals surface area contributed by atoms with Crippen molar-refractivity contribution < 1.29 is 24.0 Å². The van der Waals surface area contributed by atoms with E-state index in [0.29, 0.717) is 13.0 Å². The Morgan fingerprint density at radius 1 is 1.18 bits per heavy atom.